The van der Waals surface area contributed by atoms with Crippen molar-refractivity contribution in [3.8, 4) is 0 Å². The topological polar surface area (TPSA) is 92.3 Å². The van der Waals surface area contributed by atoms with E-state index in [-0.39, 0.29) is 18.3 Å². The number of hydrogen-bond donors (Lipinski definition) is 3. The summed E-state index contributed by atoms with van der Waals surface area (Å²) in [5.74, 6) is -0.545. The van der Waals surface area contributed by atoms with E-state index in [2.05, 4.69) is 20.9 Å². The van der Waals surface area contributed by atoms with E-state index >= 15 is 0 Å². The maximum Gasteiger partial charge on any atom is 0.309 e. The Morgan fingerprint density at radius 3 is 2.66 bits per heavy atom. The summed E-state index contributed by atoms with van der Waals surface area (Å²) in [6.45, 7) is 0. The van der Waals surface area contributed by atoms with Crippen LogP contribution in [0.5, 0.6) is 0 Å². The van der Waals surface area contributed by atoms with Crippen molar-refractivity contribution in [2.45, 2.75) is 6.42 Å². The van der Waals surface area contributed by atoms with Crippen LogP contribution in [0.25, 0.3) is 0 Å². The smallest absolute Gasteiger partial charge is 0.309 e. The van der Waals surface area contributed by atoms with Gasteiger partial charge < -0.3 is 20.7 Å². The molecule has 0 aliphatic carbocycles. The van der Waals surface area contributed by atoms with Gasteiger partial charge in [0.25, 0.3) is 5.91 Å². The van der Waals surface area contributed by atoms with E-state index in [1.54, 1.807) is 36.5 Å². The van der Waals surface area contributed by atoms with Gasteiger partial charge in [-0.25, -0.2) is 4.98 Å². The molecule has 1 aliphatic rings. The highest BCUT2D eigenvalue weighted by molar-refractivity contribution is 6.29. The number of amides is 1. The third-order valence-corrected chi connectivity index (χ3v) is 4.66. The Morgan fingerprint density at radius 1 is 1.03 bits per heavy atom. The second-order valence-electron chi connectivity index (χ2n) is 6.46. The van der Waals surface area contributed by atoms with Crippen molar-refractivity contribution in [2.75, 3.05) is 23.1 Å². The molecule has 8 heteroatoms. The van der Waals surface area contributed by atoms with Crippen molar-refractivity contribution in [3.63, 3.8) is 0 Å². The van der Waals surface area contributed by atoms with E-state index in [4.69, 9.17) is 16.3 Å². The number of nitrogens with one attached hydrogen (secondary N) is 3. The number of hydrogen-bond acceptors (Lipinski definition) is 6. The molecule has 1 aromatic heterocycles. The second kappa shape index (κ2) is 7.81. The Bertz CT molecular complexity index is 1120. The number of nitrogens with zero attached hydrogens (tertiary/aromatic N) is 1. The highest BCUT2D eigenvalue weighted by Crippen LogP contribution is 2.35. The molecule has 4 rings (SSSR count). The van der Waals surface area contributed by atoms with Gasteiger partial charge >= 0.3 is 5.97 Å². The quantitative estimate of drug-likeness (QED) is 0.434. The summed E-state index contributed by atoms with van der Waals surface area (Å²) in [5.41, 5.74) is 4.82. The molecule has 0 fully saturated rings. The van der Waals surface area contributed by atoms with Gasteiger partial charge in [-0.05, 0) is 48.0 Å². The van der Waals surface area contributed by atoms with Crippen molar-refractivity contribution in [1.29, 1.82) is 0 Å². The molecule has 3 aromatic rings. The predicted octanol–water partition coefficient (Wildman–Crippen LogP) is 4.50. The first-order valence-corrected chi connectivity index (χ1v) is 9.20. The number of pyridine rings is 1. The highest BCUT2D eigenvalue weighted by Gasteiger charge is 2.20. The van der Waals surface area contributed by atoms with Gasteiger partial charge in [0.05, 0.1) is 36.2 Å². The van der Waals surface area contributed by atoms with Gasteiger partial charge in [-0.2, -0.15) is 0 Å². The minimum Gasteiger partial charge on any atom is -0.469 e. The number of halogens is 1. The number of rotatable bonds is 4. The molecule has 1 aliphatic heterocycles. The summed E-state index contributed by atoms with van der Waals surface area (Å²) in [6, 6.07) is 14.3. The maximum atomic E-state index is 12.6. The first-order chi connectivity index (χ1) is 14.0. The number of benzene rings is 2. The van der Waals surface area contributed by atoms with Crippen molar-refractivity contribution in [1.82, 2.24) is 4.98 Å². The lowest BCUT2D eigenvalue weighted by atomic mass is 10.1. The first-order valence-electron chi connectivity index (χ1n) is 8.82. The normalized spacial score (nSPS) is 12.0. The summed E-state index contributed by atoms with van der Waals surface area (Å²) in [7, 11) is 1.35. The molecule has 2 heterocycles. The number of aromatic nitrogens is 1. The molecule has 2 aromatic carbocycles. The third-order valence-electron chi connectivity index (χ3n) is 4.46. The molecule has 0 spiro atoms. The van der Waals surface area contributed by atoms with Gasteiger partial charge in [0.2, 0.25) is 0 Å². The number of anilines is 5. The van der Waals surface area contributed by atoms with Crippen molar-refractivity contribution >= 4 is 51.9 Å². The summed E-state index contributed by atoms with van der Waals surface area (Å²) in [5, 5.41) is 9.80. The van der Waals surface area contributed by atoms with Gasteiger partial charge in [0, 0.05) is 17.6 Å². The molecule has 1 amide bonds. The van der Waals surface area contributed by atoms with E-state index in [9.17, 15) is 9.59 Å². The van der Waals surface area contributed by atoms with Crippen LogP contribution in [0, 0.1) is 0 Å². The Morgan fingerprint density at radius 2 is 1.86 bits per heavy atom. The lowest BCUT2D eigenvalue weighted by Crippen LogP contribution is -2.11. The van der Waals surface area contributed by atoms with Gasteiger partial charge in [0.1, 0.15) is 5.15 Å². The molecule has 0 radical (unpaired) electrons. The zero-order valence-corrected chi connectivity index (χ0v) is 16.2. The fourth-order valence-corrected chi connectivity index (χ4v) is 3.23. The van der Waals surface area contributed by atoms with Gasteiger partial charge in [0.15, 0.2) is 0 Å². The molecule has 0 bridgehead atoms. The molecule has 0 saturated carbocycles. The summed E-state index contributed by atoms with van der Waals surface area (Å²) < 4.78 is 4.73. The van der Waals surface area contributed by atoms with Crippen LogP contribution >= 0.6 is 11.6 Å². The SMILES string of the molecule is COC(=O)Cc1ccc2c(c1)Nc1cc(Nc3ccnc(Cl)c3)ccc1C(=O)N2. The van der Waals surface area contributed by atoms with E-state index in [0.29, 0.717) is 27.8 Å². The Kier molecular flexibility index (Phi) is 5.05. The van der Waals surface area contributed by atoms with E-state index in [1.807, 2.05) is 18.2 Å². The van der Waals surface area contributed by atoms with Crippen LogP contribution < -0.4 is 16.0 Å². The number of ether oxygens (including phenoxy) is 1. The monoisotopic (exact) mass is 408 g/mol. The molecule has 0 saturated heterocycles. The fraction of sp³-hybridized carbons (Fsp3) is 0.0952. The number of methoxy groups -OCH3 is 1. The summed E-state index contributed by atoms with van der Waals surface area (Å²) in [4.78, 5) is 28.2. The van der Waals surface area contributed by atoms with Gasteiger partial charge in [-0.3, -0.25) is 9.59 Å². The third kappa shape index (κ3) is 4.14. The van der Waals surface area contributed by atoms with Gasteiger partial charge in [-0.1, -0.05) is 17.7 Å². The lowest BCUT2D eigenvalue weighted by Gasteiger charge is -2.12. The van der Waals surface area contributed by atoms with Crippen LogP contribution in [0.1, 0.15) is 15.9 Å². The summed E-state index contributed by atoms with van der Waals surface area (Å²) >= 11 is 5.94. The standard InChI is InChI=1S/C21H17ClN4O3/c1-29-20(27)9-12-2-5-16-18(8-12)25-17-10-13(3-4-15(17)21(28)26-16)24-14-6-7-23-19(22)11-14/h2-8,10-11,25H,9H2,1H3,(H,23,24)(H,26,28). The number of carbonyl (C=O) groups excluding carboxylic acids is 2. The average molecular weight is 409 g/mol. The van der Waals surface area contributed by atoms with E-state index < -0.39 is 0 Å². The number of fused-ring (bicyclic) bond motifs is 2. The minimum atomic E-state index is -0.328. The molecule has 0 atom stereocenters. The van der Waals surface area contributed by atoms with Crippen molar-refractivity contribution < 1.29 is 14.3 Å². The van der Waals surface area contributed by atoms with E-state index in [1.165, 1.54) is 7.11 Å². The van der Waals surface area contributed by atoms with Crippen LogP contribution in [-0.2, 0) is 16.0 Å². The molecular formula is C21H17ClN4O3. The molecule has 0 unspecified atom stereocenters. The predicted molar refractivity (Wildman–Crippen MR) is 112 cm³/mol. The fourth-order valence-electron chi connectivity index (χ4n) is 3.06. The minimum absolute atomic E-state index is 0.149. The van der Waals surface area contributed by atoms with E-state index in [0.717, 1.165) is 16.9 Å². The van der Waals surface area contributed by atoms with Crippen LogP contribution in [0.3, 0.4) is 0 Å². The zero-order valence-electron chi connectivity index (χ0n) is 15.5. The molecule has 29 heavy (non-hydrogen) atoms. The van der Waals surface area contributed by atoms with Crippen LogP contribution in [0.15, 0.2) is 54.7 Å². The van der Waals surface area contributed by atoms with Gasteiger partial charge in [-0.15, -0.1) is 0 Å². The largest absolute Gasteiger partial charge is 0.469 e. The lowest BCUT2D eigenvalue weighted by molar-refractivity contribution is -0.139. The maximum absolute atomic E-state index is 12.6. The molecule has 3 N–H and O–H groups in total. The highest BCUT2D eigenvalue weighted by atomic mass is 35.5. The van der Waals surface area contributed by atoms with Crippen LogP contribution in [0.2, 0.25) is 5.15 Å². The Balaban J connectivity index is 1.66. The molecule has 7 nitrogen and oxygen atoms in total. The average Bonchev–Trinajstić information content (AvgIpc) is 2.83. The number of esters is 1. The first kappa shape index (κ1) is 18.8. The van der Waals surface area contributed by atoms with Crippen LogP contribution in [0.4, 0.5) is 28.4 Å². The van der Waals surface area contributed by atoms with Crippen LogP contribution in [-0.4, -0.2) is 24.0 Å². The number of carbonyl (C=O) groups is 2. The van der Waals surface area contributed by atoms with Crippen molar-refractivity contribution in [2.24, 2.45) is 0 Å². The Hall–Kier alpha value is -3.58. The second-order valence-corrected chi connectivity index (χ2v) is 6.85. The zero-order chi connectivity index (χ0) is 20.4. The Labute approximate surface area is 172 Å². The summed E-state index contributed by atoms with van der Waals surface area (Å²) in [6.07, 6.45) is 1.76. The molecule has 146 valence electrons. The molecular weight excluding hydrogens is 392 g/mol. The van der Waals surface area contributed by atoms with Crippen molar-refractivity contribution in [3.05, 3.63) is 71.0 Å².